The van der Waals surface area contributed by atoms with Crippen molar-refractivity contribution < 1.29 is 0 Å². The Balaban J connectivity index is 3.65. The maximum atomic E-state index is 3.84. The second-order valence-corrected chi connectivity index (χ2v) is 6.21. The Morgan fingerprint density at radius 3 is 2.35 bits per heavy atom. The van der Waals surface area contributed by atoms with Gasteiger partial charge < -0.3 is 5.32 Å². The second-order valence-electron chi connectivity index (χ2n) is 6.21. The van der Waals surface area contributed by atoms with E-state index in [1.165, 1.54) is 19.4 Å². The topological polar surface area (TPSA) is 15.3 Å². The fourth-order valence-electron chi connectivity index (χ4n) is 1.80. The van der Waals surface area contributed by atoms with Gasteiger partial charge in [-0.2, -0.15) is 0 Å². The summed E-state index contributed by atoms with van der Waals surface area (Å²) in [7, 11) is 0. The van der Waals surface area contributed by atoms with E-state index in [4.69, 9.17) is 0 Å². The summed E-state index contributed by atoms with van der Waals surface area (Å²) in [5.41, 5.74) is 0.250. The molecule has 0 aromatic rings. The van der Waals surface area contributed by atoms with E-state index in [9.17, 15) is 0 Å². The lowest BCUT2D eigenvalue weighted by Gasteiger charge is -2.34. The molecule has 0 aliphatic carbocycles. The summed E-state index contributed by atoms with van der Waals surface area (Å²) < 4.78 is 0. The third kappa shape index (κ3) is 9.37. The molecule has 1 N–H and O–H groups in total. The van der Waals surface area contributed by atoms with Crippen molar-refractivity contribution >= 4 is 0 Å². The fourth-order valence-corrected chi connectivity index (χ4v) is 1.80. The van der Waals surface area contributed by atoms with Crippen molar-refractivity contribution in [3.8, 4) is 0 Å². The van der Waals surface area contributed by atoms with Crippen molar-refractivity contribution in [3.63, 3.8) is 0 Å². The van der Waals surface area contributed by atoms with Crippen molar-refractivity contribution in [2.75, 3.05) is 26.2 Å². The summed E-state index contributed by atoms with van der Waals surface area (Å²) in [6.45, 7) is 19.6. The van der Waals surface area contributed by atoms with Gasteiger partial charge in [-0.3, -0.25) is 4.90 Å². The molecule has 0 unspecified atom stereocenters. The van der Waals surface area contributed by atoms with Crippen molar-refractivity contribution in [2.45, 2.75) is 53.0 Å². The van der Waals surface area contributed by atoms with E-state index in [0.717, 1.165) is 25.6 Å². The Bertz CT molecular complexity index is 192. The van der Waals surface area contributed by atoms with Gasteiger partial charge in [-0.15, -0.1) is 6.58 Å². The third-order valence-electron chi connectivity index (χ3n) is 2.88. The summed E-state index contributed by atoms with van der Waals surface area (Å²) in [6, 6.07) is 0. The maximum absolute atomic E-state index is 3.84. The SMILES string of the molecule is C=CCN(CCCCNCC(C)C)C(C)(C)C. The molecule has 0 aliphatic rings. The lowest BCUT2D eigenvalue weighted by molar-refractivity contribution is 0.151. The quantitative estimate of drug-likeness (QED) is 0.491. The minimum Gasteiger partial charge on any atom is -0.316 e. The highest BCUT2D eigenvalue weighted by molar-refractivity contribution is 4.82. The zero-order valence-electron chi connectivity index (χ0n) is 12.6. The van der Waals surface area contributed by atoms with Crippen LogP contribution in [-0.2, 0) is 0 Å². The van der Waals surface area contributed by atoms with Gasteiger partial charge in [0, 0.05) is 12.1 Å². The normalized spacial score (nSPS) is 12.4. The van der Waals surface area contributed by atoms with Crippen LogP contribution in [0.1, 0.15) is 47.5 Å². The molecule has 0 saturated heterocycles. The number of nitrogens with one attached hydrogen (secondary N) is 1. The molecule has 0 radical (unpaired) electrons. The lowest BCUT2D eigenvalue weighted by atomic mass is 10.1. The molecule has 0 fully saturated rings. The molecule has 0 spiro atoms. The number of hydrogen-bond donors (Lipinski definition) is 1. The largest absolute Gasteiger partial charge is 0.316 e. The third-order valence-corrected chi connectivity index (χ3v) is 2.88. The molecule has 17 heavy (non-hydrogen) atoms. The van der Waals surface area contributed by atoms with Crippen LogP contribution in [0.15, 0.2) is 12.7 Å². The zero-order chi connectivity index (χ0) is 13.3. The van der Waals surface area contributed by atoms with Gasteiger partial charge in [-0.25, -0.2) is 0 Å². The number of unbranched alkanes of at least 4 members (excludes halogenated alkanes) is 1. The van der Waals surface area contributed by atoms with Gasteiger partial charge in [0.05, 0.1) is 0 Å². The van der Waals surface area contributed by atoms with Gasteiger partial charge in [-0.05, 0) is 59.2 Å². The first-order chi connectivity index (χ1) is 7.88. The van der Waals surface area contributed by atoms with Crippen molar-refractivity contribution in [3.05, 3.63) is 12.7 Å². The molecular formula is C15H32N2. The average Bonchev–Trinajstić information content (AvgIpc) is 2.19. The van der Waals surface area contributed by atoms with Crippen molar-refractivity contribution in [1.82, 2.24) is 10.2 Å². The highest BCUT2D eigenvalue weighted by Gasteiger charge is 2.18. The molecule has 2 nitrogen and oxygen atoms in total. The minimum atomic E-state index is 0.250. The molecule has 0 heterocycles. The molecular weight excluding hydrogens is 208 g/mol. The van der Waals surface area contributed by atoms with Gasteiger partial charge in [0.15, 0.2) is 0 Å². The van der Waals surface area contributed by atoms with E-state index in [2.05, 4.69) is 51.4 Å². The van der Waals surface area contributed by atoms with Crippen LogP contribution in [0.25, 0.3) is 0 Å². The Morgan fingerprint density at radius 1 is 1.24 bits per heavy atom. The molecule has 0 aromatic carbocycles. The molecule has 102 valence electrons. The Morgan fingerprint density at radius 2 is 1.88 bits per heavy atom. The van der Waals surface area contributed by atoms with Gasteiger partial charge in [0.1, 0.15) is 0 Å². The van der Waals surface area contributed by atoms with E-state index >= 15 is 0 Å². The van der Waals surface area contributed by atoms with E-state index in [1.54, 1.807) is 0 Å². The fraction of sp³-hybridized carbons (Fsp3) is 0.867. The van der Waals surface area contributed by atoms with E-state index in [0.29, 0.717) is 0 Å². The van der Waals surface area contributed by atoms with Gasteiger partial charge >= 0.3 is 0 Å². The van der Waals surface area contributed by atoms with Crippen LogP contribution < -0.4 is 5.32 Å². The highest BCUT2D eigenvalue weighted by Crippen LogP contribution is 2.13. The molecule has 0 amide bonds. The van der Waals surface area contributed by atoms with Crippen LogP contribution in [0, 0.1) is 5.92 Å². The molecule has 0 saturated carbocycles. The maximum Gasteiger partial charge on any atom is 0.0165 e. The van der Waals surface area contributed by atoms with E-state index in [1.807, 2.05) is 6.08 Å². The van der Waals surface area contributed by atoms with Crippen LogP contribution in [0.5, 0.6) is 0 Å². The Labute approximate surface area is 108 Å². The molecule has 0 bridgehead atoms. The summed E-state index contributed by atoms with van der Waals surface area (Å²) in [6.07, 6.45) is 4.52. The van der Waals surface area contributed by atoms with Crippen molar-refractivity contribution in [1.29, 1.82) is 0 Å². The summed E-state index contributed by atoms with van der Waals surface area (Å²) in [4.78, 5) is 2.49. The van der Waals surface area contributed by atoms with Gasteiger partial charge in [0.2, 0.25) is 0 Å². The molecule has 2 heteroatoms. The Hall–Kier alpha value is -0.340. The van der Waals surface area contributed by atoms with E-state index in [-0.39, 0.29) is 5.54 Å². The number of rotatable bonds is 9. The standard InChI is InChI=1S/C15H32N2/c1-7-11-17(15(4,5)6)12-9-8-10-16-13-14(2)3/h7,14,16H,1,8-13H2,2-6H3. The van der Waals surface area contributed by atoms with Crippen LogP contribution in [-0.4, -0.2) is 36.6 Å². The van der Waals surface area contributed by atoms with Crippen LogP contribution in [0.4, 0.5) is 0 Å². The van der Waals surface area contributed by atoms with Gasteiger partial charge in [-0.1, -0.05) is 19.9 Å². The summed E-state index contributed by atoms with van der Waals surface area (Å²) >= 11 is 0. The average molecular weight is 240 g/mol. The molecule has 0 rings (SSSR count). The van der Waals surface area contributed by atoms with Crippen LogP contribution >= 0.6 is 0 Å². The first kappa shape index (κ1) is 16.7. The predicted octanol–water partition coefficient (Wildman–Crippen LogP) is 3.30. The van der Waals surface area contributed by atoms with Crippen LogP contribution in [0.2, 0.25) is 0 Å². The first-order valence-electron chi connectivity index (χ1n) is 6.94. The molecule has 0 aliphatic heterocycles. The van der Waals surface area contributed by atoms with Crippen LogP contribution in [0.3, 0.4) is 0 Å². The second kappa shape index (κ2) is 8.71. The summed E-state index contributed by atoms with van der Waals surface area (Å²) in [5.74, 6) is 0.752. The number of nitrogens with zero attached hydrogens (tertiary/aromatic N) is 1. The minimum absolute atomic E-state index is 0.250. The lowest BCUT2D eigenvalue weighted by Crippen LogP contribution is -2.42. The Kier molecular flexibility index (Phi) is 8.53. The predicted molar refractivity (Wildman–Crippen MR) is 78.5 cm³/mol. The smallest absolute Gasteiger partial charge is 0.0165 e. The number of hydrogen-bond acceptors (Lipinski definition) is 2. The highest BCUT2D eigenvalue weighted by atomic mass is 15.2. The molecule has 0 atom stereocenters. The van der Waals surface area contributed by atoms with Crippen molar-refractivity contribution in [2.24, 2.45) is 5.92 Å². The van der Waals surface area contributed by atoms with Gasteiger partial charge in [0.25, 0.3) is 0 Å². The first-order valence-corrected chi connectivity index (χ1v) is 6.94. The molecule has 0 aromatic heterocycles. The monoisotopic (exact) mass is 240 g/mol. The summed E-state index contributed by atoms with van der Waals surface area (Å²) in [5, 5.41) is 3.49. The van der Waals surface area contributed by atoms with E-state index < -0.39 is 0 Å². The zero-order valence-corrected chi connectivity index (χ0v) is 12.6.